The third-order valence-electron chi connectivity index (χ3n) is 3.91. The Balaban J connectivity index is 2.39. The molecule has 2 rings (SSSR count). The topological polar surface area (TPSA) is 128 Å². The van der Waals surface area contributed by atoms with E-state index in [1.807, 2.05) is 0 Å². The van der Waals surface area contributed by atoms with Crippen molar-refractivity contribution in [2.24, 2.45) is 5.92 Å². The van der Waals surface area contributed by atoms with Gasteiger partial charge in [-0.25, -0.2) is 4.79 Å². The number of nitrogens with zero attached hydrogens (tertiary/aromatic N) is 1. The van der Waals surface area contributed by atoms with Gasteiger partial charge in [0.1, 0.15) is 5.00 Å². The molecule has 0 saturated heterocycles. The number of esters is 1. The Morgan fingerprint density at radius 3 is 2.52 bits per heavy atom. The van der Waals surface area contributed by atoms with Gasteiger partial charge in [-0.15, -0.1) is 11.3 Å². The van der Waals surface area contributed by atoms with Gasteiger partial charge in [0.15, 0.2) is 0 Å². The molecule has 154 valence electrons. The molecule has 0 fully saturated rings. The van der Waals surface area contributed by atoms with Gasteiger partial charge >= 0.3 is 5.97 Å². The monoisotopic (exact) mass is 419 g/mol. The molecule has 1 aromatic heterocycles. The van der Waals surface area contributed by atoms with E-state index in [-0.39, 0.29) is 45.2 Å². The summed E-state index contributed by atoms with van der Waals surface area (Å²) in [4.78, 5) is 47.8. The summed E-state index contributed by atoms with van der Waals surface area (Å²) in [6.07, 6.45) is 0. The number of rotatable bonds is 7. The van der Waals surface area contributed by atoms with E-state index in [0.29, 0.717) is 5.56 Å². The third-order valence-corrected chi connectivity index (χ3v) is 5.11. The minimum Gasteiger partial charge on any atom is -0.462 e. The second-order valence-electron chi connectivity index (χ2n) is 6.39. The first kappa shape index (κ1) is 22.0. The van der Waals surface area contributed by atoms with Crippen LogP contribution in [0.15, 0.2) is 24.3 Å². The van der Waals surface area contributed by atoms with Gasteiger partial charge in [0.05, 0.1) is 22.0 Å². The third kappa shape index (κ3) is 5.17. The highest BCUT2D eigenvalue weighted by Gasteiger charge is 2.27. The lowest BCUT2D eigenvalue weighted by atomic mass is 10.1. The molecule has 9 nitrogen and oxygen atoms in total. The van der Waals surface area contributed by atoms with Gasteiger partial charge in [-0.3, -0.25) is 19.7 Å². The maximum Gasteiger partial charge on any atom is 0.341 e. The Bertz CT molecular complexity index is 967. The molecule has 0 saturated carbocycles. The van der Waals surface area contributed by atoms with E-state index in [1.165, 1.54) is 24.3 Å². The Labute approximate surface area is 171 Å². The maximum atomic E-state index is 12.7. The molecule has 2 aromatic rings. The molecule has 0 aliphatic carbocycles. The summed E-state index contributed by atoms with van der Waals surface area (Å²) in [5.41, 5.74) is 0.552. The predicted octanol–water partition coefficient (Wildman–Crippen LogP) is 3.99. The number of carbonyl (C=O) groups excluding carboxylic acids is 3. The molecule has 1 aromatic carbocycles. The minimum absolute atomic E-state index is 0.120. The number of thiophene rings is 1. The average molecular weight is 419 g/mol. The first-order valence-electron chi connectivity index (χ1n) is 8.82. The van der Waals surface area contributed by atoms with Crippen LogP contribution in [0.5, 0.6) is 0 Å². The molecule has 10 heteroatoms. The number of benzene rings is 1. The van der Waals surface area contributed by atoms with E-state index >= 15 is 0 Å². The van der Waals surface area contributed by atoms with Gasteiger partial charge < -0.3 is 15.4 Å². The molecule has 29 heavy (non-hydrogen) atoms. The van der Waals surface area contributed by atoms with Crippen molar-refractivity contribution < 1.29 is 24.0 Å². The van der Waals surface area contributed by atoms with E-state index in [0.717, 1.165) is 11.3 Å². The molecule has 1 heterocycles. The summed E-state index contributed by atoms with van der Waals surface area (Å²) >= 11 is 0.945. The van der Waals surface area contributed by atoms with Crippen LogP contribution in [-0.2, 0) is 9.53 Å². The predicted molar refractivity (Wildman–Crippen MR) is 110 cm³/mol. The normalized spacial score (nSPS) is 10.5. The van der Waals surface area contributed by atoms with Crippen molar-refractivity contribution in [3.05, 3.63) is 50.4 Å². The number of carbonyl (C=O) groups is 3. The average Bonchev–Trinajstić information content (AvgIpc) is 2.98. The zero-order valence-electron chi connectivity index (χ0n) is 16.4. The van der Waals surface area contributed by atoms with Crippen LogP contribution >= 0.6 is 11.3 Å². The van der Waals surface area contributed by atoms with Gasteiger partial charge in [-0.05, 0) is 25.5 Å². The van der Waals surface area contributed by atoms with Crippen LogP contribution < -0.4 is 10.6 Å². The maximum absolute atomic E-state index is 12.7. The summed E-state index contributed by atoms with van der Waals surface area (Å²) in [5, 5.41) is 16.4. The molecule has 2 N–H and O–H groups in total. The second-order valence-corrected chi connectivity index (χ2v) is 7.41. The van der Waals surface area contributed by atoms with Gasteiger partial charge in [0.2, 0.25) is 5.91 Å². The largest absolute Gasteiger partial charge is 0.462 e. The minimum atomic E-state index is -0.644. The molecule has 0 aliphatic rings. The molecule has 0 radical (unpaired) electrons. The quantitative estimate of drug-likeness (QED) is 0.397. The first-order valence-corrected chi connectivity index (χ1v) is 9.64. The van der Waals surface area contributed by atoms with Crippen LogP contribution in [0.3, 0.4) is 0 Å². The van der Waals surface area contributed by atoms with Crippen LogP contribution in [0.4, 0.5) is 16.4 Å². The molecule has 0 aliphatic heterocycles. The van der Waals surface area contributed by atoms with Gasteiger partial charge in [-0.1, -0.05) is 19.9 Å². The van der Waals surface area contributed by atoms with Crippen molar-refractivity contribution in [1.82, 2.24) is 0 Å². The van der Waals surface area contributed by atoms with Crippen molar-refractivity contribution in [1.29, 1.82) is 0 Å². The lowest BCUT2D eigenvalue weighted by Gasteiger charge is -2.08. The smallest absolute Gasteiger partial charge is 0.341 e. The summed E-state index contributed by atoms with van der Waals surface area (Å²) in [5.74, 6) is -1.82. The summed E-state index contributed by atoms with van der Waals surface area (Å²) < 4.78 is 5.05. The molecule has 0 unspecified atom stereocenters. The SMILES string of the molecule is CCOC(=O)c1c(NC(=O)C(C)C)sc(C(=O)Nc2cccc([N+](=O)[O-])c2)c1C. The zero-order chi connectivity index (χ0) is 21.7. The Morgan fingerprint density at radius 1 is 1.24 bits per heavy atom. The van der Waals surface area contributed by atoms with Crippen LogP contribution in [0.25, 0.3) is 0 Å². The van der Waals surface area contributed by atoms with Crippen molar-refractivity contribution in [3.63, 3.8) is 0 Å². The number of nitro benzene ring substituents is 1. The van der Waals surface area contributed by atoms with Crippen LogP contribution in [0.1, 0.15) is 46.4 Å². The Kier molecular flexibility index (Phi) is 7.05. The van der Waals surface area contributed by atoms with Crippen molar-refractivity contribution in [3.8, 4) is 0 Å². The molecule has 0 bridgehead atoms. The van der Waals surface area contributed by atoms with E-state index in [2.05, 4.69) is 10.6 Å². The van der Waals surface area contributed by atoms with Crippen LogP contribution in [0.2, 0.25) is 0 Å². The van der Waals surface area contributed by atoms with Gasteiger partial charge in [0.25, 0.3) is 11.6 Å². The fourth-order valence-electron chi connectivity index (χ4n) is 2.41. The number of non-ortho nitro benzene ring substituents is 1. The van der Waals surface area contributed by atoms with Crippen molar-refractivity contribution >= 4 is 45.5 Å². The molecular formula is C19H21N3O6S. The highest BCUT2D eigenvalue weighted by molar-refractivity contribution is 7.18. The highest BCUT2D eigenvalue weighted by Crippen LogP contribution is 2.34. The van der Waals surface area contributed by atoms with E-state index < -0.39 is 16.8 Å². The van der Waals surface area contributed by atoms with E-state index in [4.69, 9.17) is 4.74 Å². The van der Waals surface area contributed by atoms with Gasteiger partial charge in [-0.2, -0.15) is 0 Å². The number of hydrogen-bond acceptors (Lipinski definition) is 7. The fourth-order valence-corrected chi connectivity index (χ4v) is 3.50. The highest BCUT2D eigenvalue weighted by atomic mass is 32.1. The van der Waals surface area contributed by atoms with Crippen LogP contribution in [-0.4, -0.2) is 29.3 Å². The number of nitrogens with one attached hydrogen (secondary N) is 2. The van der Waals surface area contributed by atoms with Gasteiger partial charge in [0, 0.05) is 23.7 Å². The number of ether oxygens (including phenoxy) is 1. The number of amides is 2. The second kappa shape index (κ2) is 9.28. The number of hydrogen-bond donors (Lipinski definition) is 2. The molecule has 0 spiro atoms. The lowest BCUT2D eigenvalue weighted by molar-refractivity contribution is -0.384. The number of anilines is 2. The van der Waals surface area contributed by atoms with E-state index in [9.17, 15) is 24.5 Å². The zero-order valence-corrected chi connectivity index (χ0v) is 17.2. The molecule has 2 amide bonds. The number of nitro groups is 1. The lowest BCUT2D eigenvalue weighted by Crippen LogP contribution is -2.19. The van der Waals surface area contributed by atoms with Crippen molar-refractivity contribution in [2.45, 2.75) is 27.7 Å². The molecule has 0 atom stereocenters. The first-order chi connectivity index (χ1) is 13.6. The Hall–Kier alpha value is -3.27. The summed E-state index contributed by atoms with van der Waals surface area (Å²) in [6.45, 7) is 6.78. The van der Waals surface area contributed by atoms with E-state index in [1.54, 1.807) is 27.7 Å². The summed E-state index contributed by atoms with van der Waals surface area (Å²) in [7, 11) is 0. The standard InChI is InChI=1S/C19H21N3O6S/c1-5-28-19(25)14-11(4)15(29-18(14)21-16(23)10(2)3)17(24)20-12-7-6-8-13(9-12)22(26)27/h6-10H,5H2,1-4H3,(H,20,24)(H,21,23). The Morgan fingerprint density at radius 2 is 1.93 bits per heavy atom. The molecular weight excluding hydrogens is 398 g/mol. The van der Waals surface area contributed by atoms with Crippen molar-refractivity contribution in [2.75, 3.05) is 17.2 Å². The summed E-state index contributed by atoms with van der Waals surface area (Å²) in [6, 6.07) is 5.51. The van der Waals surface area contributed by atoms with Crippen LogP contribution in [0, 0.1) is 23.0 Å². The fraction of sp³-hybridized carbons (Fsp3) is 0.316.